The van der Waals surface area contributed by atoms with Crippen molar-refractivity contribution in [2.75, 3.05) is 5.32 Å². The fourth-order valence-corrected chi connectivity index (χ4v) is 4.45. The van der Waals surface area contributed by atoms with Gasteiger partial charge in [0.2, 0.25) is 5.91 Å². The summed E-state index contributed by atoms with van der Waals surface area (Å²) >= 11 is 0. The average molecular weight is 490 g/mol. The van der Waals surface area contributed by atoms with Crippen molar-refractivity contribution in [3.63, 3.8) is 0 Å². The number of para-hydroxylation sites is 1. The zero-order valence-electron chi connectivity index (χ0n) is 20.8. The summed E-state index contributed by atoms with van der Waals surface area (Å²) in [5.41, 5.74) is 5.01. The van der Waals surface area contributed by atoms with Gasteiger partial charge in [-0.1, -0.05) is 66.2 Å². The maximum Gasteiger partial charge on any atom is 0.336 e. The molecule has 1 amide bonds. The molecule has 0 aliphatic carbocycles. The van der Waals surface area contributed by atoms with Gasteiger partial charge in [-0.05, 0) is 66.9 Å². The van der Waals surface area contributed by atoms with Crippen molar-refractivity contribution < 1.29 is 4.79 Å². The van der Waals surface area contributed by atoms with Gasteiger partial charge in [0.15, 0.2) is 0 Å². The molecule has 0 atom stereocenters. The normalized spacial score (nSPS) is 11.0. The molecule has 5 rings (SSSR count). The van der Waals surface area contributed by atoms with E-state index in [1.54, 1.807) is 47.0 Å². The lowest BCUT2D eigenvalue weighted by Crippen LogP contribution is -2.39. The highest BCUT2D eigenvalue weighted by Crippen LogP contribution is 2.15. The number of hydrogen-bond donors (Lipinski definition) is 1. The number of anilines is 1. The summed E-state index contributed by atoms with van der Waals surface area (Å²) in [6.07, 6.45) is 0.179. The van der Waals surface area contributed by atoms with Crippen molar-refractivity contribution in [2.24, 2.45) is 0 Å². The molecule has 184 valence electrons. The molecule has 0 fully saturated rings. The van der Waals surface area contributed by atoms with Crippen LogP contribution in [0.5, 0.6) is 0 Å². The molecule has 0 spiro atoms. The third-order valence-electron chi connectivity index (χ3n) is 6.53. The van der Waals surface area contributed by atoms with Crippen LogP contribution in [0.15, 0.2) is 107 Å². The van der Waals surface area contributed by atoms with E-state index in [1.807, 2.05) is 68.4 Å². The smallest absolute Gasteiger partial charge is 0.326 e. The molecule has 0 aliphatic heterocycles. The van der Waals surface area contributed by atoms with Crippen LogP contribution in [0.25, 0.3) is 16.6 Å². The number of aromatic nitrogens is 2. The minimum atomic E-state index is -0.406. The summed E-state index contributed by atoms with van der Waals surface area (Å²) in [5, 5.41) is 3.36. The average Bonchev–Trinajstić information content (AvgIpc) is 2.90. The molecule has 0 radical (unpaired) electrons. The lowest BCUT2D eigenvalue weighted by atomic mass is 10.1. The van der Waals surface area contributed by atoms with Gasteiger partial charge < -0.3 is 5.32 Å². The van der Waals surface area contributed by atoms with Gasteiger partial charge in [0.05, 0.1) is 29.6 Å². The SMILES string of the molecule is Cc1ccc(NC(=O)Cc2ccc(-n3c(=O)c4ccccc4n(Cc4ccccc4C)c3=O)cc2)cc1. The van der Waals surface area contributed by atoms with Crippen molar-refractivity contribution in [3.8, 4) is 5.69 Å². The number of carbonyl (C=O) groups excluding carboxylic acids is 1. The Balaban J connectivity index is 1.48. The second-order valence-electron chi connectivity index (χ2n) is 9.21. The monoisotopic (exact) mass is 489 g/mol. The second kappa shape index (κ2) is 10.1. The molecule has 0 saturated carbocycles. The van der Waals surface area contributed by atoms with Crippen LogP contribution >= 0.6 is 0 Å². The molecule has 0 aliphatic rings. The Morgan fingerprint density at radius 2 is 1.46 bits per heavy atom. The highest BCUT2D eigenvalue weighted by Gasteiger charge is 2.15. The fourth-order valence-electron chi connectivity index (χ4n) is 4.45. The Labute approximate surface area is 214 Å². The molecule has 37 heavy (non-hydrogen) atoms. The number of benzene rings is 4. The molecule has 5 aromatic rings. The summed E-state index contributed by atoms with van der Waals surface area (Å²) in [4.78, 5) is 39.6. The minimum absolute atomic E-state index is 0.139. The first-order valence-electron chi connectivity index (χ1n) is 12.2. The number of hydrogen-bond acceptors (Lipinski definition) is 3. The number of fused-ring (bicyclic) bond motifs is 1. The number of carbonyl (C=O) groups is 1. The van der Waals surface area contributed by atoms with Gasteiger partial charge in [-0.15, -0.1) is 0 Å². The topological polar surface area (TPSA) is 73.1 Å². The van der Waals surface area contributed by atoms with Crippen molar-refractivity contribution in [1.29, 1.82) is 0 Å². The predicted octanol–water partition coefficient (Wildman–Crippen LogP) is 5.00. The van der Waals surface area contributed by atoms with Crippen LogP contribution in [0.2, 0.25) is 0 Å². The maximum absolute atomic E-state index is 13.7. The zero-order chi connectivity index (χ0) is 25.9. The summed E-state index contributed by atoms with van der Waals surface area (Å²) in [7, 11) is 0. The third kappa shape index (κ3) is 5.00. The van der Waals surface area contributed by atoms with E-state index >= 15 is 0 Å². The van der Waals surface area contributed by atoms with Crippen molar-refractivity contribution in [2.45, 2.75) is 26.8 Å². The quantitative estimate of drug-likeness (QED) is 0.365. The lowest BCUT2D eigenvalue weighted by Gasteiger charge is -2.15. The Hall–Kier alpha value is -4.71. The van der Waals surface area contributed by atoms with Crippen LogP contribution in [-0.2, 0) is 17.8 Å². The molecular formula is C31H27N3O3. The number of nitrogens with zero attached hydrogens (tertiary/aromatic N) is 2. The molecule has 6 nitrogen and oxygen atoms in total. The van der Waals surface area contributed by atoms with E-state index in [-0.39, 0.29) is 17.9 Å². The highest BCUT2D eigenvalue weighted by molar-refractivity contribution is 5.92. The summed E-state index contributed by atoms with van der Waals surface area (Å²) in [5.74, 6) is -0.139. The first kappa shape index (κ1) is 24.0. The van der Waals surface area contributed by atoms with Gasteiger partial charge in [-0.2, -0.15) is 0 Å². The van der Waals surface area contributed by atoms with E-state index in [4.69, 9.17) is 0 Å². The lowest BCUT2D eigenvalue weighted by molar-refractivity contribution is -0.115. The summed E-state index contributed by atoms with van der Waals surface area (Å²) in [6.45, 7) is 4.35. The number of nitrogens with one attached hydrogen (secondary N) is 1. The van der Waals surface area contributed by atoms with Gasteiger partial charge >= 0.3 is 5.69 Å². The number of rotatable bonds is 6. The van der Waals surface area contributed by atoms with Crippen molar-refractivity contribution in [1.82, 2.24) is 9.13 Å². The van der Waals surface area contributed by atoms with Gasteiger partial charge in [0, 0.05) is 5.69 Å². The Morgan fingerprint density at radius 3 is 2.19 bits per heavy atom. The highest BCUT2D eigenvalue weighted by atomic mass is 16.2. The number of aryl methyl sites for hydroxylation is 2. The number of amides is 1. The van der Waals surface area contributed by atoms with E-state index < -0.39 is 5.69 Å². The van der Waals surface area contributed by atoms with Crippen LogP contribution < -0.4 is 16.6 Å². The third-order valence-corrected chi connectivity index (χ3v) is 6.53. The Kier molecular flexibility index (Phi) is 6.56. The van der Waals surface area contributed by atoms with E-state index in [2.05, 4.69) is 5.32 Å². The molecule has 1 heterocycles. The van der Waals surface area contributed by atoms with Crippen molar-refractivity contribution >= 4 is 22.5 Å². The van der Waals surface area contributed by atoms with E-state index in [1.165, 1.54) is 4.57 Å². The minimum Gasteiger partial charge on any atom is -0.326 e. The molecule has 1 aromatic heterocycles. The van der Waals surface area contributed by atoms with Gasteiger partial charge in [-0.3, -0.25) is 14.2 Å². The van der Waals surface area contributed by atoms with Crippen LogP contribution in [0.1, 0.15) is 22.3 Å². The maximum atomic E-state index is 13.7. The molecule has 6 heteroatoms. The first-order chi connectivity index (χ1) is 17.9. The molecular weight excluding hydrogens is 462 g/mol. The van der Waals surface area contributed by atoms with Gasteiger partial charge in [-0.25, -0.2) is 9.36 Å². The molecule has 0 unspecified atom stereocenters. The van der Waals surface area contributed by atoms with Gasteiger partial charge in [0.1, 0.15) is 0 Å². The van der Waals surface area contributed by atoms with E-state index in [0.29, 0.717) is 23.1 Å². The van der Waals surface area contributed by atoms with Crippen LogP contribution in [0.4, 0.5) is 5.69 Å². The first-order valence-corrected chi connectivity index (χ1v) is 12.2. The summed E-state index contributed by atoms with van der Waals surface area (Å²) < 4.78 is 2.85. The predicted molar refractivity (Wildman–Crippen MR) is 148 cm³/mol. The Morgan fingerprint density at radius 1 is 0.784 bits per heavy atom. The zero-order valence-corrected chi connectivity index (χ0v) is 20.8. The molecule has 4 aromatic carbocycles. The standard InChI is InChI=1S/C31H27N3O3/c1-21-11-15-25(16-12-21)32-29(35)19-23-13-17-26(18-14-23)34-30(36)27-9-5-6-10-28(27)33(31(34)37)20-24-8-4-3-7-22(24)2/h3-18H,19-20H2,1-2H3,(H,32,35). The largest absolute Gasteiger partial charge is 0.336 e. The van der Waals surface area contributed by atoms with E-state index in [9.17, 15) is 14.4 Å². The van der Waals surface area contributed by atoms with E-state index in [0.717, 1.165) is 27.9 Å². The van der Waals surface area contributed by atoms with Crippen molar-refractivity contribution in [3.05, 3.63) is 140 Å². The molecule has 1 N–H and O–H groups in total. The fraction of sp³-hybridized carbons (Fsp3) is 0.129. The molecule has 0 bridgehead atoms. The summed E-state index contributed by atoms with van der Waals surface area (Å²) in [6, 6.07) is 29.7. The second-order valence-corrected chi connectivity index (χ2v) is 9.21. The molecule has 0 saturated heterocycles. The Bertz CT molecular complexity index is 1710. The van der Waals surface area contributed by atoms with Crippen LogP contribution in [-0.4, -0.2) is 15.0 Å². The van der Waals surface area contributed by atoms with Crippen LogP contribution in [0.3, 0.4) is 0 Å². The van der Waals surface area contributed by atoms with Gasteiger partial charge in [0.25, 0.3) is 5.56 Å². The van der Waals surface area contributed by atoms with Crippen LogP contribution in [0, 0.1) is 13.8 Å².